The van der Waals surface area contributed by atoms with Gasteiger partial charge >= 0.3 is 5.97 Å². The molecule has 0 aromatic heterocycles. The molecule has 0 atom stereocenters. The summed E-state index contributed by atoms with van der Waals surface area (Å²) >= 11 is 0. The van der Waals surface area contributed by atoms with Gasteiger partial charge in [0.1, 0.15) is 0 Å². The molecule has 140 valence electrons. The van der Waals surface area contributed by atoms with Gasteiger partial charge < -0.3 is 19.1 Å². The molecule has 26 heavy (non-hydrogen) atoms. The maximum absolute atomic E-state index is 13.0. The van der Waals surface area contributed by atoms with E-state index in [-0.39, 0.29) is 25.1 Å². The molecule has 6 nitrogen and oxygen atoms in total. The quantitative estimate of drug-likeness (QED) is 0.552. The minimum Gasteiger partial charge on any atom is -0.469 e. The van der Waals surface area contributed by atoms with E-state index in [1.54, 1.807) is 23.1 Å². The molecular formula is C20H25NO5. The Balaban J connectivity index is 1.69. The average molecular weight is 359 g/mol. The minimum atomic E-state index is -0.314. The molecule has 0 fully saturated rings. The third-order valence-electron chi connectivity index (χ3n) is 4.81. The molecular weight excluding hydrogens is 334 g/mol. The molecule has 1 heterocycles. The summed E-state index contributed by atoms with van der Waals surface area (Å²) in [5.74, 6) is 0.808. The molecule has 6 heteroatoms. The van der Waals surface area contributed by atoms with Crippen molar-refractivity contribution in [3.8, 4) is 11.5 Å². The summed E-state index contributed by atoms with van der Waals surface area (Å²) in [5, 5.41) is 0. The highest BCUT2D eigenvalue weighted by Crippen LogP contribution is 2.33. The average Bonchev–Trinajstić information content (AvgIpc) is 3.16. The van der Waals surface area contributed by atoms with Crippen LogP contribution in [0.4, 0.5) is 0 Å². The number of hydrogen-bond donors (Lipinski definition) is 0. The second kappa shape index (κ2) is 8.74. The first-order valence-electron chi connectivity index (χ1n) is 9.11. The van der Waals surface area contributed by atoms with E-state index >= 15 is 0 Å². The number of fused-ring (bicyclic) bond motifs is 1. The summed E-state index contributed by atoms with van der Waals surface area (Å²) in [7, 11) is 1.36. The third kappa shape index (κ3) is 4.56. The van der Waals surface area contributed by atoms with Crippen LogP contribution in [0.15, 0.2) is 29.8 Å². The predicted octanol–water partition coefficient (Wildman–Crippen LogP) is 3.31. The molecule has 3 rings (SSSR count). The molecule has 2 aliphatic rings. The van der Waals surface area contributed by atoms with Gasteiger partial charge in [0.15, 0.2) is 11.5 Å². The van der Waals surface area contributed by atoms with Crippen LogP contribution < -0.4 is 9.47 Å². The van der Waals surface area contributed by atoms with Gasteiger partial charge in [0.25, 0.3) is 5.91 Å². The summed E-state index contributed by atoms with van der Waals surface area (Å²) in [5.41, 5.74) is 1.94. The van der Waals surface area contributed by atoms with Crippen molar-refractivity contribution < 1.29 is 23.8 Å². The van der Waals surface area contributed by atoms with Gasteiger partial charge in [-0.2, -0.15) is 0 Å². The SMILES string of the molecule is COC(=O)CCN(CCC1=CCCCC1)C(=O)c1ccc2c(c1)OCO2. The maximum Gasteiger partial charge on any atom is 0.307 e. The highest BCUT2D eigenvalue weighted by atomic mass is 16.7. The van der Waals surface area contributed by atoms with E-state index in [0.29, 0.717) is 30.2 Å². The Labute approximate surface area is 153 Å². The number of nitrogens with zero attached hydrogens (tertiary/aromatic N) is 1. The Hall–Kier alpha value is -2.50. The van der Waals surface area contributed by atoms with Crippen LogP contribution in [0.2, 0.25) is 0 Å². The minimum absolute atomic E-state index is 0.108. The predicted molar refractivity (Wildman–Crippen MR) is 96.3 cm³/mol. The molecule has 1 aliphatic carbocycles. The summed E-state index contributed by atoms with van der Waals surface area (Å²) in [6, 6.07) is 5.19. The second-order valence-corrected chi connectivity index (χ2v) is 6.54. The van der Waals surface area contributed by atoms with Crippen molar-refractivity contribution >= 4 is 11.9 Å². The maximum atomic E-state index is 13.0. The molecule has 0 bridgehead atoms. The zero-order chi connectivity index (χ0) is 18.4. The van der Waals surface area contributed by atoms with Gasteiger partial charge in [0.2, 0.25) is 6.79 Å². The fourth-order valence-electron chi connectivity index (χ4n) is 3.27. The Morgan fingerprint density at radius 1 is 1.15 bits per heavy atom. The molecule has 1 amide bonds. The van der Waals surface area contributed by atoms with Crippen molar-refractivity contribution in [2.24, 2.45) is 0 Å². The summed E-state index contributed by atoms with van der Waals surface area (Å²) in [4.78, 5) is 26.2. The van der Waals surface area contributed by atoms with Crippen molar-refractivity contribution in [2.45, 2.75) is 38.5 Å². The zero-order valence-corrected chi connectivity index (χ0v) is 15.2. The van der Waals surface area contributed by atoms with Gasteiger partial charge in [-0.05, 0) is 50.3 Å². The van der Waals surface area contributed by atoms with Crippen LogP contribution in [0.3, 0.4) is 0 Å². The monoisotopic (exact) mass is 359 g/mol. The van der Waals surface area contributed by atoms with Gasteiger partial charge in [0, 0.05) is 18.7 Å². The lowest BCUT2D eigenvalue weighted by Gasteiger charge is -2.24. The van der Waals surface area contributed by atoms with Crippen LogP contribution in [0, 0.1) is 0 Å². The van der Waals surface area contributed by atoms with E-state index in [1.807, 2.05) is 0 Å². The zero-order valence-electron chi connectivity index (χ0n) is 15.2. The first-order chi connectivity index (χ1) is 12.7. The van der Waals surface area contributed by atoms with Crippen LogP contribution in [0.5, 0.6) is 11.5 Å². The van der Waals surface area contributed by atoms with Gasteiger partial charge in [0.05, 0.1) is 13.5 Å². The molecule has 0 radical (unpaired) electrons. The van der Waals surface area contributed by atoms with Crippen molar-refractivity contribution in [1.29, 1.82) is 0 Å². The van der Waals surface area contributed by atoms with Crippen molar-refractivity contribution in [3.63, 3.8) is 0 Å². The van der Waals surface area contributed by atoms with Crippen LogP contribution >= 0.6 is 0 Å². The van der Waals surface area contributed by atoms with E-state index in [0.717, 1.165) is 19.3 Å². The van der Waals surface area contributed by atoms with Crippen molar-refractivity contribution in [1.82, 2.24) is 4.90 Å². The largest absolute Gasteiger partial charge is 0.469 e. The lowest BCUT2D eigenvalue weighted by atomic mass is 9.97. The Kier molecular flexibility index (Phi) is 6.15. The number of esters is 1. The summed E-state index contributed by atoms with van der Waals surface area (Å²) in [6.07, 6.45) is 7.99. The number of allylic oxidation sites excluding steroid dienone is 1. The number of carbonyl (C=O) groups is 2. The highest BCUT2D eigenvalue weighted by molar-refractivity contribution is 5.95. The first-order valence-corrected chi connectivity index (χ1v) is 9.11. The van der Waals surface area contributed by atoms with E-state index in [2.05, 4.69) is 6.08 Å². The number of amides is 1. The third-order valence-corrected chi connectivity index (χ3v) is 4.81. The Bertz CT molecular complexity index is 697. The smallest absolute Gasteiger partial charge is 0.307 e. The molecule has 0 saturated carbocycles. The number of methoxy groups -OCH3 is 1. The van der Waals surface area contributed by atoms with Crippen molar-refractivity contribution in [2.75, 3.05) is 27.0 Å². The van der Waals surface area contributed by atoms with E-state index in [1.165, 1.54) is 25.5 Å². The lowest BCUT2D eigenvalue weighted by Crippen LogP contribution is -2.34. The van der Waals surface area contributed by atoms with Crippen LogP contribution in [-0.4, -0.2) is 43.8 Å². The molecule has 1 aromatic carbocycles. The van der Waals surface area contributed by atoms with Gasteiger partial charge in [-0.3, -0.25) is 9.59 Å². The van der Waals surface area contributed by atoms with E-state index in [9.17, 15) is 9.59 Å². The summed E-state index contributed by atoms with van der Waals surface area (Å²) in [6.45, 7) is 1.11. The van der Waals surface area contributed by atoms with Gasteiger partial charge in [-0.1, -0.05) is 11.6 Å². The lowest BCUT2D eigenvalue weighted by molar-refractivity contribution is -0.140. The van der Waals surface area contributed by atoms with Gasteiger partial charge in [-0.25, -0.2) is 0 Å². The standard InChI is InChI=1S/C20H25NO5/c1-24-19(22)10-12-21(11-9-15-5-3-2-4-6-15)20(23)16-7-8-17-18(13-16)26-14-25-17/h5,7-8,13H,2-4,6,9-12,14H2,1H3. The van der Waals surface area contributed by atoms with Crippen LogP contribution in [0.25, 0.3) is 0 Å². The number of benzene rings is 1. The fourth-order valence-corrected chi connectivity index (χ4v) is 3.27. The Morgan fingerprint density at radius 2 is 2.00 bits per heavy atom. The first kappa shape index (κ1) is 18.3. The number of carbonyl (C=O) groups excluding carboxylic acids is 2. The highest BCUT2D eigenvalue weighted by Gasteiger charge is 2.21. The molecule has 0 unspecified atom stereocenters. The molecule has 1 aliphatic heterocycles. The van der Waals surface area contributed by atoms with E-state index < -0.39 is 0 Å². The molecule has 0 N–H and O–H groups in total. The summed E-state index contributed by atoms with van der Waals surface area (Å²) < 4.78 is 15.4. The number of rotatable bonds is 7. The van der Waals surface area contributed by atoms with Crippen LogP contribution in [-0.2, 0) is 9.53 Å². The fraction of sp³-hybridized carbons (Fsp3) is 0.500. The molecule has 0 spiro atoms. The molecule has 0 saturated heterocycles. The normalized spacial score (nSPS) is 15.3. The van der Waals surface area contributed by atoms with Gasteiger partial charge in [-0.15, -0.1) is 0 Å². The van der Waals surface area contributed by atoms with Crippen molar-refractivity contribution in [3.05, 3.63) is 35.4 Å². The topological polar surface area (TPSA) is 65.1 Å². The number of ether oxygens (including phenoxy) is 3. The van der Waals surface area contributed by atoms with E-state index in [4.69, 9.17) is 14.2 Å². The Morgan fingerprint density at radius 3 is 2.77 bits per heavy atom. The molecule has 1 aromatic rings. The number of hydrogen-bond acceptors (Lipinski definition) is 5. The van der Waals surface area contributed by atoms with Crippen LogP contribution in [0.1, 0.15) is 48.9 Å². The second-order valence-electron chi connectivity index (χ2n) is 6.54.